The van der Waals surface area contributed by atoms with Crippen LogP contribution in [0.25, 0.3) is 16.9 Å². The predicted molar refractivity (Wildman–Crippen MR) is 100 cm³/mol. The molecule has 4 saturated heterocycles. The van der Waals surface area contributed by atoms with Crippen LogP contribution in [-0.4, -0.2) is 68.4 Å². The fourth-order valence-corrected chi connectivity index (χ4v) is 4.55. The SMILES string of the molecule is OC1(c2cc(N3CC4CC(C3)O4)nc3c(-c4ccn[nH]4)cnn23)CCOCC1. The Morgan fingerprint density at radius 3 is 2.71 bits per heavy atom. The van der Waals surface area contributed by atoms with Crippen LogP contribution in [0.15, 0.2) is 24.5 Å². The predicted octanol–water partition coefficient (Wildman–Crippen LogP) is 1.09. The van der Waals surface area contributed by atoms with Crippen LogP contribution in [0.2, 0.25) is 0 Å². The van der Waals surface area contributed by atoms with Crippen LogP contribution in [0, 0.1) is 0 Å². The number of aromatic amines is 1. The molecule has 28 heavy (non-hydrogen) atoms. The van der Waals surface area contributed by atoms with Crippen molar-refractivity contribution in [3.8, 4) is 11.3 Å². The average molecular weight is 382 g/mol. The lowest BCUT2D eigenvalue weighted by Gasteiger charge is -2.47. The zero-order valence-electron chi connectivity index (χ0n) is 15.4. The molecule has 9 heteroatoms. The number of nitrogens with one attached hydrogen (secondary N) is 1. The van der Waals surface area contributed by atoms with Crippen molar-refractivity contribution in [1.82, 2.24) is 24.8 Å². The summed E-state index contributed by atoms with van der Waals surface area (Å²) in [4.78, 5) is 7.20. The summed E-state index contributed by atoms with van der Waals surface area (Å²) in [5.74, 6) is 0.863. The minimum Gasteiger partial charge on any atom is -0.383 e. The molecule has 7 heterocycles. The highest BCUT2D eigenvalue weighted by atomic mass is 16.5. The van der Waals surface area contributed by atoms with Crippen LogP contribution in [0.5, 0.6) is 0 Å². The summed E-state index contributed by atoms with van der Waals surface area (Å²) in [6.45, 7) is 2.72. The standard InChI is InChI=1S/C19H22N6O3/c26-19(2-5-27-6-3-19)16-8-17(24-10-12-7-13(11-24)28-12)22-18-14(9-21-25(16)18)15-1-4-20-23-15/h1,4,8-9,12-13,26H,2-3,5-7,10-11H2,(H,20,23). The normalized spacial score (nSPS) is 26.4. The van der Waals surface area contributed by atoms with Gasteiger partial charge in [0.15, 0.2) is 5.65 Å². The minimum absolute atomic E-state index is 0.281. The van der Waals surface area contributed by atoms with Gasteiger partial charge in [-0.2, -0.15) is 10.2 Å². The van der Waals surface area contributed by atoms with E-state index in [4.69, 9.17) is 14.5 Å². The lowest BCUT2D eigenvalue weighted by molar-refractivity contribution is -0.133. The quantitative estimate of drug-likeness (QED) is 0.699. The maximum absolute atomic E-state index is 11.4. The fourth-order valence-electron chi connectivity index (χ4n) is 4.55. The van der Waals surface area contributed by atoms with Crippen molar-refractivity contribution in [2.24, 2.45) is 0 Å². The van der Waals surface area contributed by atoms with Gasteiger partial charge in [0, 0.05) is 57.8 Å². The fraction of sp³-hybridized carbons (Fsp3) is 0.526. The smallest absolute Gasteiger partial charge is 0.167 e. The monoisotopic (exact) mass is 382 g/mol. The molecule has 4 fully saturated rings. The van der Waals surface area contributed by atoms with Crippen molar-refractivity contribution >= 4 is 11.5 Å². The van der Waals surface area contributed by atoms with E-state index in [0.717, 1.165) is 47.9 Å². The number of aliphatic hydroxyl groups is 1. The third-order valence-corrected chi connectivity index (χ3v) is 6.13. The number of piperidine rings is 1. The van der Waals surface area contributed by atoms with Crippen molar-refractivity contribution in [1.29, 1.82) is 0 Å². The van der Waals surface area contributed by atoms with Crippen LogP contribution in [0.4, 0.5) is 5.82 Å². The molecule has 4 aliphatic heterocycles. The maximum atomic E-state index is 11.4. The summed E-state index contributed by atoms with van der Waals surface area (Å²) < 4.78 is 13.0. The van der Waals surface area contributed by atoms with Gasteiger partial charge in [-0.05, 0) is 6.07 Å². The van der Waals surface area contributed by atoms with Gasteiger partial charge in [0.1, 0.15) is 11.4 Å². The molecule has 0 amide bonds. The number of aromatic nitrogens is 5. The average Bonchev–Trinajstić information content (AvgIpc) is 3.36. The van der Waals surface area contributed by atoms with Crippen molar-refractivity contribution in [3.63, 3.8) is 0 Å². The molecule has 4 aliphatic rings. The van der Waals surface area contributed by atoms with Gasteiger partial charge in [-0.1, -0.05) is 0 Å². The van der Waals surface area contributed by atoms with Gasteiger partial charge in [-0.25, -0.2) is 9.50 Å². The summed E-state index contributed by atoms with van der Waals surface area (Å²) in [6, 6.07) is 3.89. The lowest BCUT2D eigenvalue weighted by Crippen LogP contribution is -2.57. The Labute approximate surface area is 161 Å². The summed E-state index contributed by atoms with van der Waals surface area (Å²) >= 11 is 0. The number of hydrogen-bond acceptors (Lipinski definition) is 7. The second-order valence-corrected chi connectivity index (χ2v) is 7.93. The van der Waals surface area contributed by atoms with Gasteiger partial charge in [0.25, 0.3) is 0 Å². The molecule has 0 spiro atoms. The highest BCUT2D eigenvalue weighted by Gasteiger charge is 2.40. The van der Waals surface area contributed by atoms with E-state index >= 15 is 0 Å². The molecule has 3 aromatic rings. The second kappa shape index (κ2) is 6.00. The second-order valence-electron chi connectivity index (χ2n) is 7.93. The number of nitrogens with zero attached hydrogens (tertiary/aromatic N) is 5. The Morgan fingerprint density at radius 1 is 1.21 bits per heavy atom. The van der Waals surface area contributed by atoms with Crippen molar-refractivity contribution < 1.29 is 14.6 Å². The number of H-pyrrole nitrogens is 1. The Bertz CT molecular complexity index is 994. The molecule has 2 bridgehead atoms. The first-order valence-electron chi connectivity index (χ1n) is 9.79. The summed E-state index contributed by atoms with van der Waals surface area (Å²) in [6.07, 6.45) is 6.26. The van der Waals surface area contributed by atoms with Crippen LogP contribution in [0.3, 0.4) is 0 Å². The largest absolute Gasteiger partial charge is 0.383 e. The molecule has 0 aromatic carbocycles. The zero-order chi connectivity index (χ0) is 18.7. The van der Waals surface area contributed by atoms with E-state index < -0.39 is 5.60 Å². The van der Waals surface area contributed by atoms with E-state index in [2.05, 4.69) is 20.2 Å². The number of ether oxygens (including phenoxy) is 2. The third kappa shape index (κ3) is 2.47. The Kier molecular flexibility index (Phi) is 3.53. The van der Waals surface area contributed by atoms with Gasteiger partial charge in [0.05, 0.1) is 35.4 Å². The van der Waals surface area contributed by atoms with Gasteiger partial charge in [-0.3, -0.25) is 5.10 Å². The third-order valence-electron chi connectivity index (χ3n) is 6.13. The van der Waals surface area contributed by atoms with Gasteiger partial charge < -0.3 is 19.5 Å². The van der Waals surface area contributed by atoms with E-state index in [1.54, 1.807) is 16.9 Å². The van der Waals surface area contributed by atoms with E-state index in [1.807, 2.05) is 12.1 Å². The molecule has 2 unspecified atom stereocenters. The van der Waals surface area contributed by atoms with E-state index in [0.29, 0.717) is 26.1 Å². The van der Waals surface area contributed by atoms with Crippen molar-refractivity contribution in [2.75, 3.05) is 31.2 Å². The number of hydrogen-bond donors (Lipinski definition) is 2. The molecule has 2 atom stereocenters. The molecule has 7 rings (SSSR count). The number of anilines is 1. The highest BCUT2D eigenvalue weighted by Crippen LogP contribution is 2.37. The Hall–Kier alpha value is -2.49. The zero-order valence-corrected chi connectivity index (χ0v) is 15.4. The molecule has 0 radical (unpaired) electrons. The topological polar surface area (TPSA) is 101 Å². The van der Waals surface area contributed by atoms with Crippen LogP contribution in [-0.2, 0) is 15.1 Å². The molecule has 146 valence electrons. The Balaban J connectivity index is 1.52. The van der Waals surface area contributed by atoms with Crippen molar-refractivity contribution in [2.45, 2.75) is 37.1 Å². The minimum atomic E-state index is -0.985. The lowest BCUT2D eigenvalue weighted by atomic mass is 9.90. The van der Waals surface area contributed by atoms with Gasteiger partial charge in [0.2, 0.25) is 0 Å². The molecule has 0 aliphatic carbocycles. The first kappa shape index (κ1) is 16.5. The molecule has 0 saturated carbocycles. The van der Waals surface area contributed by atoms with Crippen molar-refractivity contribution in [3.05, 3.63) is 30.2 Å². The number of fused-ring (bicyclic) bond motifs is 3. The van der Waals surface area contributed by atoms with Crippen LogP contribution >= 0.6 is 0 Å². The number of rotatable bonds is 3. The van der Waals surface area contributed by atoms with E-state index in [9.17, 15) is 5.11 Å². The van der Waals surface area contributed by atoms with Gasteiger partial charge >= 0.3 is 0 Å². The van der Waals surface area contributed by atoms with E-state index in [1.165, 1.54) is 0 Å². The summed E-state index contributed by atoms with van der Waals surface area (Å²) in [5, 5.41) is 23.0. The first-order chi connectivity index (χ1) is 13.7. The maximum Gasteiger partial charge on any atom is 0.167 e. The molecule has 3 aromatic heterocycles. The Morgan fingerprint density at radius 2 is 2.00 bits per heavy atom. The van der Waals surface area contributed by atoms with Crippen LogP contribution < -0.4 is 4.90 Å². The van der Waals surface area contributed by atoms with Crippen LogP contribution in [0.1, 0.15) is 25.0 Å². The molecular formula is C19H22N6O3. The highest BCUT2D eigenvalue weighted by molar-refractivity contribution is 5.75. The summed E-state index contributed by atoms with van der Waals surface area (Å²) in [7, 11) is 0. The number of morpholine rings is 1. The first-order valence-corrected chi connectivity index (χ1v) is 9.79. The van der Waals surface area contributed by atoms with Gasteiger partial charge in [-0.15, -0.1) is 0 Å². The molecular weight excluding hydrogens is 360 g/mol. The van der Waals surface area contributed by atoms with E-state index in [-0.39, 0.29) is 12.2 Å². The molecule has 9 nitrogen and oxygen atoms in total. The molecule has 2 N–H and O–H groups in total. The summed E-state index contributed by atoms with van der Waals surface area (Å²) in [5.41, 5.74) is 2.23.